The molecule has 2 aliphatic rings. The number of amidine groups is 1. The highest BCUT2D eigenvalue weighted by Crippen LogP contribution is 2.52. The van der Waals surface area contributed by atoms with Crippen molar-refractivity contribution in [3.05, 3.63) is 47.7 Å². The smallest absolute Gasteiger partial charge is 0.389 e. The van der Waals surface area contributed by atoms with Crippen molar-refractivity contribution in [2.24, 2.45) is 16.6 Å². The Balaban J connectivity index is 1.59. The third-order valence-corrected chi connectivity index (χ3v) is 6.17. The van der Waals surface area contributed by atoms with Gasteiger partial charge in [-0.25, -0.2) is 32.9 Å². The van der Waals surface area contributed by atoms with E-state index in [0.717, 1.165) is 42.4 Å². The monoisotopic (exact) mass is 507 g/mol. The summed E-state index contributed by atoms with van der Waals surface area (Å²) in [5.74, 6) is -2.62. The van der Waals surface area contributed by atoms with Crippen LogP contribution in [0, 0.1) is 11.7 Å². The molecule has 8 nitrogen and oxygen atoms in total. The number of hydrogen-bond acceptors (Lipinski definition) is 8. The molecule has 0 bridgehead atoms. The summed E-state index contributed by atoms with van der Waals surface area (Å²) >= 11 is 0.908. The topological polar surface area (TPSA) is 112 Å². The van der Waals surface area contributed by atoms with E-state index in [-0.39, 0.29) is 28.1 Å². The van der Waals surface area contributed by atoms with Crippen LogP contribution in [-0.2, 0) is 10.3 Å². The normalized spacial score (nSPS) is 24.5. The average molecular weight is 507 g/mol. The van der Waals surface area contributed by atoms with Crippen LogP contribution in [0.3, 0.4) is 0 Å². The largest absolute Gasteiger partial charge is 0.418 e. The first-order valence-corrected chi connectivity index (χ1v) is 10.5. The molecule has 0 saturated carbocycles. The van der Waals surface area contributed by atoms with E-state index in [0.29, 0.717) is 0 Å². The number of nitrogens with zero attached hydrogens (tertiary/aromatic N) is 3. The van der Waals surface area contributed by atoms with Gasteiger partial charge in [-0.05, 0) is 18.2 Å². The number of benzene rings is 1. The number of aromatic nitrogens is 2. The number of aliphatic imine (C=N–C) groups is 1. The molecule has 1 aromatic heterocycles. The molecule has 0 spiro atoms. The van der Waals surface area contributed by atoms with Gasteiger partial charge in [-0.3, -0.25) is 5.32 Å². The molecule has 1 saturated heterocycles. The van der Waals surface area contributed by atoms with Gasteiger partial charge in [-0.2, -0.15) is 13.2 Å². The lowest BCUT2D eigenvalue weighted by molar-refractivity contribution is -0.215. The van der Waals surface area contributed by atoms with Crippen molar-refractivity contribution >= 4 is 28.7 Å². The van der Waals surface area contributed by atoms with Crippen molar-refractivity contribution in [1.29, 1.82) is 0 Å². The number of nitrogens with one attached hydrogen (secondary N) is 1. The van der Waals surface area contributed by atoms with Crippen molar-refractivity contribution in [3.8, 4) is 5.88 Å². The maximum atomic E-state index is 14.8. The molecule has 2 aliphatic heterocycles. The van der Waals surface area contributed by atoms with Crippen LogP contribution in [0.25, 0.3) is 0 Å². The first kappa shape index (κ1) is 24.1. The molecule has 3 N–H and O–H groups in total. The van der Waals surface area contributed by atoms with E-state index >= 15 is 0 Å². The molecule has 4 rings (SSSR count). The first-order chi connectivity index (χ1) is 16.0. The van der Waals surface area contributed by atoms with Crippen molar-refractivity contribution in [1.82, 2.24) is 9.97 Å². The van der Waals surface area contributed by atoms with Crippen molar-refractivity contribution in [2.45, 2.75) is 24.2 Å². The quantitative estimate of drug-likeness (QED) is 0.602. The minimum Gasteiger partial charge on any atom is -0.389 e. The molecule has 15 heteroatoms. The standard InChI is InChI=1S/C19H15F6N5O3S/c20-11-2-1-8(29-17(31)33-13-5-27-12(4-28-13)15(21)22)3-9(11)18-7-32-14(19(23,24)25)10(18)6-34-16(26)30-18/h1-5,10,14-15H,6-7H2,(H2,26,30)(H,29,31)/t10-,14+,18-/m1/s1. The number of nitrogens with two attached hydrogens (primary N) is 1. The Bertz CT molecular complexity index is 1120. The molecule has 0 aliphatic carbocycles. The summed E-state index contributed by atoms with van der Waals surface area (Å²) in [7, 11) is 0. The van der Waals surface area contributed by atoms with E-state index in [4.69, 9.17) is 15.2 Å². The molecule has 0 unspecified atom stereocenters. The van der Waals surface area contributed by atoms with Crippen LogP contribution in [-0.4, -0.2) is 45.9 Å². The first-order valence-electron chi connectivity index (χ1n) is 9.55. The van der Waals surface area contributed by atoms with Gasteiger partial charge in [0.25, 0.3) is 6.43 Å². The number of alkyl halides is 5. The fraction of sp³-hybridized carbons (Fsp3) is 0.368. The number of anilines is 1. The summed E-state index contributed by atoms with van der Waals surface area (Å²) in [4.78, 5) is 23.2. The molecule has 34 heavy (non-hydrogen) atoms. The lowest BCUT2D eigenvalue weighted by Gasteiger charge is -2.36. The summed E-state index contributed by atoms with van der Waals surface area (Å²) in [6.45, 7) is -0.569. The van der Waals surface area contributed by atoms with Gasteiger partial charge in [0.05, 0.1) is 19.0 Å². The summed E-state index contributed by atoms with van der Waals surface area (Å²) < 4.78 is 90.3. The van der Waals surface area contributed by atoms with Gasteiger partial charge in [-0.1, -0.05) is 11.8 Å². The van der Waals surface area contributed by atoms with Gasteiger partial charge >= 0.3 is 12.3 Å². The van der Waals surface area contributed by atoms with Gasteiger partial charge in [0.1, 0.15) is 17.1 Å². The number of carbonyl (C=O) groups excluding carboxylic acids is 1. The second-order valence-corrected chi connectivity index (χ2v) is 8.39. The highest BCUT2D eigenvalue weighted by atomic mass is 32.2. The summed E-state index contributed by atoms with van der Waals surface area (Å²) in [6.07, 6.45) is -9.32. The highest BCUT2D eigenvalue weighted by Gasteiger charge is 2.62. The Kier molecular flexibility index (Phi) is 6.33. The third kappa shape index (κ3) is 4.61. The molecule has 1 amide bonds. The average Bonchev–Trinajstić information content (AvgIpc) is 3.15. The maximum Gasteiger partial charge on any atom is 0.418 e. The number of carbonyl (C=O) groups is 1. The molecule has 0 radical (unpaired) electrons. The minimum absolute atomic E-state index is 0.0225. The fourth-order valence-electron chi connectivity index (χ4n) is 3.76. The number of amides is 1. The van der Waals surface area contributed by atoms with Crippen LogP contribution >= 0.6 is 11.8 Å². The molecule has 3 heterocycles. The Morgan fingerprint density at radius 1 is 1.29 bits per heavy atom. The zero-order valence-electron chi connectivity index (χ0n) is 16.9. The van der Waals surface area contributed by atoms with Crippen LogP contribution in [0.15, 0.2) is 35.6 Å². The second-order valence-electron chi connectivity index (χ2n) is 7.35. The van der Waals surface area contributed by atoms with E-state index in [1.165, 1.54) is 0 Å². The molecule has 1 fully saturated rings. The summed E-state index contributed by atoms with van der Waals surface area (Å²) in [6, 6.07) is 3.21. The Morgan fingerprint density at radius 2 is 2.06 bits per heavy atom. The van der Waals surface area contributed by atoms with Crippen molar-refractivity contribution < 1.29 is 40.6 Å². The molecule has 1 aromatic carbocycles. The van der Waals surface area contributed by atoms with Gasteiger partial charge in [-0.15, -0.1) is 0 Å². The van der Waals surface area contributed by atoms with Gasteiger partial charge < -0.3 is 15.2 Å². The van der Waals surface area contributed by atoms with E-state index in [1.807, 2.05) is 0 Å². The van der Waals surface area contributed by atoms with Crippen LogP contribution < -0.4 is 15.8 Å². The third-order valence-electron chi connectivity index (χ3n) is 5.25. The fourth-order valence-corrected chi connectivity index (χ4v) is 4.79. The van der Waals surface area contributed by atoms with Crippen LogP contribution in [0.2, 0.25) is 0 Å². The lowest BCUT2D eigenvalue weighted by Crippen LogP contribution is -2.46. The SMILES string of the molecule is NC1=N[C@@]2(c3cc(NC(=O)Oc4cnc(C(F)F)cn4)ccc3F)CO[C@H](C(F)(F)F)[C@H]2CS1. The Labute approximate surface area is 191 Å². The van der Waals surface area contributed by atoms with E-state index < -0.39 is 54.4 Å². The number of rotatable bonds is 4. The van der Waals surface area contributed by atoms with Gasteiger partial charge in [0.2, 0.25) is 5.88 Å². The summed E-state index contributed by atoms with van der Waals surface area (Å²) in [5.41, 5.74) is 3.11. The Hall–Kier alpha value is -3.07. The van der Waals surface area contributed by atoms with E-state index in [2.05, 4.69) is 20.3 Å². The van der Waals surface area contributed by atoms with Crippen LogP contribution in [0.4, 0.5) is 36.8 Å². The number of ether oxygens (including phenoxy) is 2. The van der Waals surface area contributed by atoms with Crippen LogP contribution in [0.1, 0.15) is 17.7 Å². The molecule has 2 aromatic rings. The minimum atomic E-state index is -4.70. The Morgan fingerprint density at radius 3 is 2.71 bits per heavy atom. The number of fused-ring (bicyclic) bond motifs is 1. The van der Waals surface area contributed by atoms with Crippen molar-refractivity contribution in [3.63, 3.8) is 0 Å². The molecule has 182 valence electrons. The van der Waals surface area contributed by atoms with Crippen LogP contribution in [0.5, 0.6) is 5.88 Å². The predicted molar refractivity (Wildman–Crippen MR) is 108 cm³/mol. The predicted octanol–water partition coefficient (Wildman–Crippen LogP) is 4.00. The zero-order valence-corrected chi connectivity index (χ0v) is 17.7. The van der Waals surface area contributed by atoms with Crippen molar-refractivity contribution in [2.75, 3.05) is 17.7 Å². The summed E-state index contributed by atoms with van der Waals surface area (Å²) in [5, 5.41) is 2.25. The number of halogens is 6. The van der Waals surface area contributed by atoms with Gasteiger partial charge in [0.15, 0.2) is 11.3 Å². The van der Waals surface area contributed by atoms with E-state index in [1.54, 1.807) is 0 Å². The van der Waals surface area contributed by atoms with Gasteiger partial charge in [0, 0.05) is 22.9 Å². The number of hydrogen-bond donors (Lipinski definition) is 2. The highest BCUT2D eigenvalue weighted by molar-refractivity contribution is 8.13. The zero-order chi connectivity index (χ0) is 24.7. The molecule has 3 atom stereocenters. The van der Waals surface area contributed by atoms with E-state index in [9.17, 15) is 31.1 Å². The maximum absolute atomic E-state index is 14.8. The lowest BCUT2D eigenvalue weighted by atomic mass is 9.78. The molecular weight excluding hydrogens is 492 g/mol. The molecular formula is C19H15F6N5O3S. The second kappa shape index (κ2) is 8.94. The number of thioether (sulfide) groups is 1.